The summed E-state index contributed by atoms with van der Waals surface area (Å²) >= 11 is 11.9. The lowest BCUT2D eigenvalue weighted by atomic mass is 10.2. The number of hydrogen-bond acceptors (Lipinski definition) is 7. The Hall–Kier alpha value is -3.56. The van der Waals surface area contributed by atoms with Gasteiger partial charge in [-0.15, -0.1) is 0 Å². The van der Waals surface area contributed by atoms with E-state index >= 15 is 0 Å². The number of nitrogens with one attached hydrogen (secondary N) is 2. The van der Waals surface area contributed by atoms with Gasteiger partial charge in [0.15, 0.2) is 5.75 Å². The summed E-state index contributed by atoms with van der Waals surface area (Å²) in [5, 5.41) is 17.1. The number of rotatable bonds is 8. The predicted octanol–water partition coefficient (Wildman–Crippen LogP) is 5.15. The standard InChI is InChI=1S/C20H16Cl2N4O5/c1-30-18-9-13(26(28)29)6-7-16(18)25-19(27)11-23-15-4-2-3-5-17(15)31-20-14(22)8-12(21)10-24-20/h2-10,23H,11H2,1H3,(H,25,27). The zero-order chi connectivity index (χ0) is 22.4. The van der Waals surface area contributed by atoms with Crippen LogP contribution in [0.4, 0.5) is 17.1 Å². The van der Waals surface area contributed by atoms with Crippen LogP contribution in [0.15, 0.2) is 54.7 Å². The van der Waals surface area contributed by atoms with Crippen molar-refractivity contribution in [2.75, 3.05) is 24.3 Å². The molecule has 0 spiro atoms. The number of benzene rings is 2. The molecule has 160 valence electrons. The molecule has 9 nitrogen and oxygen atoms in total. The Labute approximate surface area is 187 Å². The molecule has 11 heteroatoms. The van der Waals surface area contributed by atoms with Crippen molar-refractivity contribution >= 4 is 46.2 Å². The van der Waals surface area contributed by atoms with E-state index in [0.717, 1.165) is 0 Å². The Morgan fingerprint density at radius 3 is 2.61 bits per heavy atom. The highest BCUT2D eigenvalue weighted by Gasteiger charge is 2.14. The maximum atomic E-state index is 12.4. The van der Waals surface area contributed by atoms with Gasteiger partial charge in [-0.1, -0.05) is 35.3 Å². The highest BCUT2D eigenvalue weighted by atomic mass is 35.5. The smallest absolute Gasteiger partial charge is 0.273 e. The van der Waals surface area contributed by atoms with Crippen LogP contribution in [-0.4, -0.2) is 29.5 Å². The minimum atomic E-state index is -0.547. The third-order valence-electron chi connectivity index (χ3n) is 3.98. The fourth-order valence-electron chi connectivity index (χ4n) is 2.55. The average Bonchev–Trinajstić information content (AvgIpc) is 2.75. The molecule has 3 rings (SSSR count). The monoisotopic (exact) mass is 462 g/mol. The molecule has 0 aliphatic carbocycles. The Kier molecular flexibility index (Phi) is 7.11. The maximum Gasteiger partial charge on any atom is 0.273 e. The van der Waals surface area contributed by atoms with Gasteiger partial charge in [0.1, 0.15) is 10.8 Å². The average molecular weight is 463 g/mol. The number of anilines is 2. The topological polar surface area (TPSA) is 116 Å². The van der Waals surface area contributed by atoms with E-state index in [1.807, 2.05) is 0 Å². The number of amides is 1. The summed E-state index contributed by atoms with van der Waals surface area (Å²) in [5.74, 6) is 0.347. The summed E-state index contributed by atoms with van der Waals surface area (Å²) < 4.78 is 10.9. The molecule has 0 radical (unpaired) electrons. The van der Waals surface area contributed by atoms with Crippen molar-refractivity contribution in [3.8, 4) is 17.4 Å². The van der Waals surface area contributed by atoms with Crippen LogP contribution in [0.1, 0.15) is 0 Å². The van der Waals surface area contributed by atoms with Crippen molar-refractivity contribution in [3.63, 3.8) is 0 Å². The molecule has 1 heterocycles. The highest BCUT2D eigenvalue weighted by molar-refractivity contribution is 6.35. The van der Waals surface area contributed by atoms with Gasteiger partial charge in [0.25, 0.3) is 5.69 Å². The van der Waals surface area contributed by atoms with Crippen LogP contribution in [0.5, 0.6) is 17.4 Å². The first-order valence-corrected chi connectivity index (χ1v) is 9.57. The number of aromatic nitrogens is 1. The first-order valence-electron chi connectivity index (χ1n) is 8.81. The van der Waals surface area contributed by atoms with Crippen LogP contribution in [-0.2, 0) is 4.79 Å². The Balaban J connectivity index is 1.68. The molecular weight excluding hydrogens is 447 g/mol. The second kappa shape index (κ2) is 9.96. The first-order chi connectivity index (χ1) is 14.9. The van der Waals surface area contributed by atoms with Crippen molar-refractivity contribution in [2.24, 2.45) is 0 Å². The number of halogens is 2. The van der Waals surface area contributed by atoms with Crippen molar-refractivity contribution in [1.82, 2.24) is 4.98 Å². The summed E-state index contributed by atoms with van der Waals surface area (Å²) in [6.45, 7) is -0.109. The summed E-state index contributed by atoms with van der Waals surface area (Å²) in [4.78, 5) is 26.8. The van der Waals surface area contributed by atoms with E-state index in [4.69, 9.17) is 32.7 Å². The highest BCUT2D eigenvalue weighted by Crippen LogP contribution is 2.33. The molecule has 0 fully saturated rings. The Bertz CT molecular complexity index is 1130. The Morgan fingerprint density at radius 1 is 1.13 bits per heavy atom. The molecule has 1 amide bonds. The van der Waals surface area contributed by atoms with Gasteiger partial charge in [0.2, 0.25) is 11.8 Å². The van der Waals surface area contributed by atoms with Crippen LogP contribution in [0.25, 0.3) is 0 Å². The molecular formula is C20H16Cl2N4O5. The van der Waals surface area contributed by atoms with Gasteiger partial charge in [-0.25, -0.2) is 4.98 Å². The number of nitro groups is 1. The van der Waals surface area contributed by atoms with Gasteiger partial charge < -0.3 is 20.1 Å². The lowest BCUT2D eigenvalue weighted by molar-refractivity contribution is -0.384. The number of nitro benzene ring substituents is 1. The van der Waals surface area contributed by atoms with Crippen LogP contribution < -0.4 is 20.1 Å². The first kappa shape index (κ1) is 22.1. The molecule has 0 bridgehead atoms. The molecule has 1 aromatic heterocycles. The zero-order valence-corrected chi connectivity index (χ0v) is 17.6. The van der Waals surface area contributed by atoms with Gasteiger partial charge in [-0.3, -0.25) is 14.9 Å². The largest absolute Gasteiger partial charge is 0.494 e. The normalized spacial score (nSPS) is 10.3. The molecule has 2 N–H and O–H groups in total. The summed E-state index contributed by atoms with van der Waals surface area (Å²) in [5.41, 5.74) is 0.691. The molecule has 0 atom stereocenters. The number of nitrogens with zero attached hydrogens (tertiary/aromatic N) is 2. The number of methoxy groups -OCH3 is 1. The van der Waals surface area contributed by atoms with E-state index in [0.29, 0.717) is 22.1 Å². The molecule has 0 aliphatic heterocycles. The number of carbonyl (C=O) groups is 1. The van der Waals surface area contributed by atoms with E-state index in [2.05, 4.69) is 15.6 Å². The van der Waals surface area contributed by atoms with Gasteiger partial charge in [0.05, 0.1) is 41.0 Å². The maximum absolute atomic E-state index is 12.4. The number of carbonyl (C=O) groups excluding carboxylic acids is 1. The number of non-ortho nitro benzene ring substituents is 1. The molecule has 0 saturated carbocycles. The van der Waals surface area contributed by atoms with Crippen LogP contribution in [0.3, 0.4) is 0 Å². The minimum Gasteiger partial charge on any atom is -0.494 e. The number of pyridine rings is 1. The van der Waals surface area contributed by atoms with E-state index in [-0.39, 0.29) is 28.9 Å². The van der Waals surface area contributed by atoms with E-state index in [1.165, 1.54) is 37.6 Å². The van der Waals surface area contributed by atoms with Gasteiger partial charge in [0, 0.05) is 12.3 Å². The van der Waals surface area contributed by atoms with Crippen LogP contribution in [0.2, 0.25) is 10.0 Å². The third kappa shape index (κ3) is 5.74. The van der Waals surface area contributed by atoms with Crippen molar-refractivity contribution in [2.45, 2.75) is 0 Å². The van der Waals surface area contributed by atoms with E-state index in [9.17, 15) is 14.9 Å². The quantitative estimate of drug-likeness (QED) is 0.351. The van der Waals surface area contributed by atoms with Crippen LogP contribution in [0, 0.1) is 10.1 Å². The SMILES string of the molecule is COc1cc([N+](=O)[O-])ccc1NC(=O)CNc1ccccc1Oc1ncc(Cl)cc1Cl. The third-order valence-corrected chi connectivity index (χ3v) is 4.45. The number of hydrogen-bond donors (Lipinski definition) is 2. The fraction of sp³-hybridized carbons (Fsp3) is 0.100. The fourth-order valence-corrected chi connectivity index (χ4v) is 2.97. The minimum absolute atomic E-state index is 0.109. The zero-order valence-electron chi connectivity index (χ0n) is 16.1. The molecule has 31 heavy (non-hydrogen) atoms. The second-order valence-electron chi connectivity index (χ2n) is 6.08. The van der Waals surface area contributed by atoms with Gasteiger partial charge in [-0.05, 0) is 24.3 Å². The number of para-hydroxylation sites is 2. The molecule has 0 aliphatic rings. The molecule has 3 aromatic rings. The van der Waals surface area contributed by atoms with Gasteiger partial charge >= 0.3 is 0 Å². The second-order valence-corrected chi connectivity index (χ2v) is 6.93. The van der Waals surface area contributed by atoms with Crippen molar-refractivity contribution in [1.29, 1.82) is 0 Å². The summed E-state index contributed by atoms with van der Waals surface area (Å²) in [6.07, 6.45) is 1.41. The lowest BCUT2D eigenvalue weighted by Gasteiger charge is -2.14. The predicted molar refractivity (Wildman–Crippen MR) is 118 cm³/mol. The molecule has 2 aromatic carbocycles. The van der Waals surface area contributed by atoms with Gasteiger partial charge in [-0.2, -0.15) is 0 Å². The van der Waals surface area contributed by atoms with E-state index in [1.54, 1.807) is 24.3 Å². The Morgan fingerprint density at radius 2 is 1.90 bits per heavy atom. The summed E-state index contributed by atoms with van der Waals surface area (Å²) in [6, 6.07) is 12.3. The van der Waals surface area contributed by atoms with Crippen molar-refractivity contribution in [3.05, 3.63) is 74.9 Å². The molecule has 0 unspecified atom stereocenters. The number of ether oxygens (including phenoxy) is 2. The van der Waals surface area contributed by atoms with E-state index < -0.39 is 10.8 Å². The molecule has 0 saturated heterocycles. The summed E-state index contributed by atoms with van der Waals surface area (Å²) in [7, 11) is 1.36. The van der Waals surface area contributed by atoms with Crippen LogP contribution >= 0.6 is 23.2 Å². The lowest BCUT2D eigenvalue weighted by Crippen LogP contribution is -2.22. The van der Waals surface area contributed by atoms with Crippen molar-refractivity contribution < 1.29 is 19.2 Å².